The summed E-state index contributed by atoms with van der Waals surface area (Å²) < 4.78 is 16.4. The van der Waals surface area contributed by atoms with Gasteiger partial charge in [0, 0.05) is 56.6 Å². The van der Waals surface area contributed by atoms with Gasteiger partial charge in [0.25, 0.3) is 0 Å². The first-order chi connectivity index (χ1) is 18.5. The van der Waals surface area contributed by atoms with Gasteiger partial charge in [-0.3, -0.25) is 14.4 Å². The zero-order valence-corrected chi connectivity index (χ0v) is 23.0. The molecule has 2 fully saturated rings. The number of carboxylic acids is 1. The molecule has 0 radical (unpaired) electrons. The van der Waals surface area contributed by atoms with Crippen LogP contribution in [-0.4, -0.2) is 105 Å². The Hall–Kier alpha value is -2.09. The number of hydrogen-bond acceptors (Lipinski definition) is 8. The minimum atomic E-state index is -0.892. The zero-order valence-electron chi connectivity index (χ0n) is 22.2. The quantitative estimate of drug-likeness (QED) is 0.0907. The van der Waals surface area contributed by atoms with Crippen LogP contribution in [0.5, 0.6) is 0 Å². The van der Waals surface area contributed by atoms with E-state index in [1.807, 2.05) is 11.8 Å². The molecule has 0 aromatic carbocycles. The molecule has 12 nitrogen and oxygen atoms in total. The number of thioether (sulfide) groups is 1. The number of fused-ring (bicyclic) bond motifs is 1. The van der Waals surface area contributed by atoms with Crippen LogP contribution in [0.3, 0.4) is 0 Å². The van der Waals surface area contributed by atoms with E-state index in [4.69, 9.17) is 19.3 Å². The van der Waals surface area contributed by atoms with E-state index in [2.05, 4.69) is 21.3 Å². The highest BCUT2D eigenvalue weighted by Gasteiger charge is 2.42. The zero-order chi connectivity index (χ0) is 27.4. The summed E-state index contributed by atoms with van der Waals surface area (Å²) in [5.41, 5.74) is 0. The summed E-state index contributed by atoms with van der Waals surface area (Å²) in [5, 5.41) is 20.6. The Labute approximate surface area is 229 Å². The van der Waals surface area contributed by atoms with Gasteiger partial charge in [-0.1, -0.05) is 6.42 Å². The molecule has 38 heavy (non-hydrogen) atoms. The molecule has 2 aliphatic heterocycles. The highest BCUT2D eigenvalue weighted by Crippen LogP contribution is 2.33. The van der Waals surface area contributed by atoms with Crippen LogP contribution in [0.2, 0.25) is 0 Å². The number of carbonyl (C=O) groups is 4. The van der Waals surface area contributed by atoms with Gasteiger partial charge in [0.1, 0.15) is 0 Å². The summed E-state index contributed by atoms with van der Waals surface area (Å²) in [6, 6.07) is 0.411. The number of urea groups is 1. The van der Waals surface area contributed by atoms with Gasteiger partial charge in [-0.2, -0.15) is 11.8 Å². The number of aliphatic carboxylic acids is 1. The maximum Gasteiger partial charge on any atom is 0.315 e. The predicted octanol–water partition coefficient (Wildman–Crippen LogP) is 1.03. The van der Waals surface area contributed by atoms with Crippen molar-refractivity contribution in [2.24, 2.45) is 0 Å². The van der Waals surface area contributed by atoms with E-state index in [1.54, 1.807) is 0 Å². The number of amides is 4. The van der Waals surface area contributed by atoms with Gasteiger partial charge >= 0.3 is 12.0 Å². The van der Waals surface area contributed by atoms with Gasteiger partial charge in [-0.15, -0.1) is 0 Å². The van der Waals surface area contributed by atoms with Gasteiger partial charge in [-0.05, 0) is 32.1 Å². The summed E-state index contributed by atoms with van der Waals surface area (Å²) in [5.74, 6) is -0.00156. The summed E-state index contributed by atoms with van der Waals surface area (Å²) >= 11 is 1.90. The van der Waals surface area contributed by atoms with Crippen LogP contribution < -0.4 is 21.3 Å². The maximum absolute atomic E-state index is 12.0. The van der Waals surface area contributed by atoms with Gasteiger partial charge in [0.05, 0.1) is 38.5 Å². The molecule has 2 unspecified atom stereocenters. The van der Waals surface area contributed by atoms with Crippen molar-refractivity contribution in [1.82, 2.24) is 21.3 Å². The summed E-state index contributed by atoms with van der Waals surface area (Å²) in [7, 11) is 0. The van der Waals surface area contributed by atoms with Crippen molar-refractivity contribution in [3.05, 3.63) is 0 Å². The van der Waals surface area contributed by atoms with E-state index in [-0.39, 0.29) is 42.8 Å². The first-order valence-electron chi connectivity index (χ1n) is 13.6. The van der Waals surface area contributed by atoms with Crippen molar-refractivity contribution in [1.29, 1.82) is 0 Å². The van der Waals surface area contributed by atoms with Crippen LogP contribution in [-0.2, 0) is 28.6 Å². The lowest BCUT2D eigenvalue weighted by atomic mass is 10.0. The number of carbonyl (C=O) groups excluding carboxylic acids is 3. The van der Waals surface area contributed by atoms with Gasteiger partial charge in [0.15, 0.2) is 0 Å². The van der Waals surface area contributed by atoms with Crippen LogP contribution in [0.4, 0.5) is 4.79 Å². The minimum absolute atomic E-state index is 0.00453. The molecule has 0 bridgehead atoms. The molecule has 2 aliphatic rings. The fourth-order valence-electron chi connectivity index (χ4n) is 4.20. The molecule has 0 spiro atoms. The van der Waals surface area contributed by atoms with Gasteiger partial charge < -0.3 is 40.6 Å². The molecule has 13 heteroatoms. The smallest absolute Gasteiger partial charge is 0.315 e. The number of carboxylic acid groups (broad SMARTS) is 1. The summed E-state index contributed by atoms with van der Waals surface area (Å²) in [4.78, 5) is 45.3. The normalized spacial score (nSPS) is 20.0. The molecular weight excluding hydrogens is 516 g/mol. The highest BCUT2D eigenvalue weighted by molar-refractivity contribution is 8.00. The number of rotatable bonds is 23. The van der Waals surface area contributed by atoms with Crippen LogP contribution in [0, 0.1) is 0 Å². The fourth-order valence-corrected chi connectivity index (χ4v) is 5.74. The molecule has 0 saturated carbocycles. The lowest BCUT2D eigenvalue weighted by Gasteiger charge is -2.16. The second-order valence-electron chi connectivity index (χ2n) is 9.36. The lowest BCUT2D eigenvalue weighted by Crippen LogP contribution is -2.36. The first-order valence-corrected chi connectivity index (χ1v) is 14.7. The van der Waals surface area contributed by atoms with E-state index in [0.717, 1.165) is 31.4 Å². The van der Waals surface area contributed by atoms with Crippen molar-refractivity contribution >= 4 is 35.6 Å². The number of nitrogens with one attached hydrogen (secondary N) is 4. The van der Waals surface area contributed by atoms with E-state index in [0.29, 0.717) is 77.2 Å². The Kier molecular flexibility index (Phi) is 16.8. The molecule has 2 saturated heterocycles. The molecule has 5 N–H and O–H groups in total. The van der Waals surface area contributed by atoms with Crippen molar-refractivity contribution in [2.45, 2.75) is 75.1 Å². The fraction of sp³-hybridized carbons (Fsp3) is 0.840. The molecule has 2 rings (SSSR count). The number of unbranched alkanes of at least 4 members (excludes halogenated alkanes) is 1. The molecular formula is C25H44N4O8S. The number of ether oxygens (including phenoxy) is 3. The molecule has 0 aromatic rings. The third-order valence-electron chi connectivity index (χ3n) is 6.19. The molecule has 0 aromatic heterocycles. The molecule has 3 atom stereocenters. The average molecular weight is 561 g/mol. The van der Waals surface area contributed by atoms with E-state index in [9.17, 15) is 19.2 Å². The van der Waals surface area contributed by atoms with Gasteiger partial charge in [-0.25, -0.2) is 4.79 Å². The predicted molar refractivity (Wildman–Crippen MR) is 143 cm³/mol. The second-order valence-corrected chi connectivity index (χ2v) is 10.6. The van der Waals surface area contributed by atoms with Crippen LogP contribution >= 0.6 is 11.8 Å². The van der Waals surface area contributed by atoms with Crippen molar-refractivity contribution < 1.29 is 38.5 Å². The lowest BCUT2D eigenvalue weighted by molar-refractivity contribution is -0.137. The van der Waals surface area contributed by atoms with Crippen molar-refractivity contribution in [3.63, 3.8) is 0 Å². The molecule has 4 amide bonds. The first kappa shape index (κ1) is 32.1. The van der Waals surface area contributed by atoms with E-state index < -0.39 is 5.97 Å². The largest absolute Gasteiger partial charge is 0.481 e. The van der Waals surface area contributed by atoms with E-state index in [1.165, 1.54) is 0 Å². The molecule has 218 valence electrons. The monoisotopic (exact) mass is 560 g/mol. The standard InChI is InChI=1S/C25H44N4O8S/c30-21(7-2-1-6-20-24-19(18-38-20)28-25(34)29-24)26-10-4-12-35-14-16-37-17-15-36-13-5-11-27-22(31)8-3-9-23(32)33/h19-20,24H,1-18H2,(H,26,30)(H,27,31)(H,32,33)(H2,28,29,34)/t19?,20-,24?/m0/s1. The third-order valence-corrected chi connectivity index (χ3v) is 7.70. The van der Waals surface area contributed by atoms with Crippen LogP contribution in [0.25, 0.3) is 0 Å². The molecule has 2 heterocycles. The second kappa shape index (κ2) is 19.9. The Balaban J connectivity index is 1.25. The maximum atomic E-state index is 12.0. The van der Waals surface area contributed by atoms with Crippen LogP contribution in [0.1, 0.15) is 57.8 Å². The minimum Gasteiger partial charge on any atom is -0.481 e. The topological polar surface area (TPSA) is 164 Å². The summed E-state index contributed by atoms with van der Waals surface area (Å²) in [6.45, 7) is 4.06. The Morgan fingerprint density at radius 1 is 0.789 bits per heavy atom. The van der Waals surface area contributed by atoms with Crippen molar-refractivity contribution in [3.8, 4) is 0 Å². The number of hydrogen-bond donors (Lipinski definition) is 5. The molecule has 0 aliphatic carbocycles. The summed E-state index contributed by atoms with van der Waals surface area (Å²) in [6.07, 6.45) is 5.38. The average Bonchev–Trinajstić information content (AvgIpc) is 3.43. The Morgan fingerprint density at radius 2 is 1.37 bits per heavy atom. The van der Waals surface area contributed by atoms with Crippen LogP contribution in [0.15, 0.2) is 0 Å². The van der Waals surface area contributed by atoms with Crippen molar-refractivity contribution in [2.75, 3.05) is 58.5 Å². The third kappa shape index (κ3) is 14.7. The van der Waals surface area contributed by atoms with Gasteiger partial charge in [0.2, 0.25) is 11.8 Å². The Morgan fingerprint density at radius 3 is 1.97 bits per heavy atom. The van der Waals surface area contributed by atoms with E-state index >= 15 is 0 Å². The highest BCUT2D eigenvalue weighted by atomic mass is 32.2. The SMILES string of the molecule is O=C(O)CCCC(=O)NCCCOCCOCCOCCCNC(=O)CCCC[C@@H]1SCC2NC(=O)NC21. The Bertz CT molecular complexity index is 729.